The average Bonchev–Trinajstić information content (AvgIpc) is 2.92. The summed E-state index contributed by atoms with van der Waals surface area (Å²) >= 11 is 0. The lowest BCUT2D eigenvalue weighted by molar-refractivity contribution is -0.129. The minimum absolute atomic E-state index is 0.0979. The van der Waals surface area contributed by atoms with Gasteiger partial charge in [0.2, 0.25) is 11.8 Å². The smallest absolute Gasteiger partial charge is 0.246 e. The van der Waals surface area contributed by atoms with Crippen LogP contribution in [0.4, 0.5) is 5.69 Å². The Morgan fingerprint density at radius 1 is 0.686 bits per heavy atom. The molecule has 8 nitrogen and oxygen atoms in total. The van der Waals surface area contributed by atoms with Crippen molar-refractivity contribution in [1.82, 2.24) is 14.7 Å². The number of carbonyl (C=O) groups excluding carboxylic acids is 2. The van der Waals surface area contributed by atoms with E-state index in [4.69, 9.17) is 9.47 Å². The number of carbonyl (C=O) groups is 2. The van der Waals surface area contributed by atoms with Crippen LogP contribution in [0.5, 0.6) is 11.5 Å². The maximum Gasteiger partial charge on any atom is 0.246 e. The fraction of sp³-hybridized carbons (Fsp3) is 0.407. The topological polar surface area (TPSA) is 65.6 Å². The van der Waals surface area contributed by atoms with Crippen LogP contribution in [0.1, 0.15) is 5.56 Å². The van der Waals surface area contributed by atoms with Crippen molar-refractivity contribution in [3.8, 4) is 11.5 Å². The van der Waals surface area contributed by atoms with Gasteiger partial charge < -0.3 is 24.2 Å². The second kappa shape index (κ2) is 11.8. The SMILES string of the molecule is COc1ccc(CN2CCN(C(=O)/C=C\C(=O)N3CCN(c4ccc(OC)cc4)CC3)CC2)cc1. The number of benzene rings is 2. The number of amides is 2. The minimum atomic E-state index is -0.106. The number of anilines is 1. The molecule has 35 heavy (non-hydrogen) atoms. The molecule has 2 aliphatic heterocycles. The summed E-state index contributed by atoms with van der Waals surface area (Å²) in [7, 11) is 3.32. The van der Waals surface area contributed by atoms with E-state index in [9.17, 15) is 9.59 Å². The van der Waals surface area contributed by atoms with Gasteiger partial charge in [0.1, 0.15) is 11.5 Å². The predicted molar refractivity (Wildman–Crippen MR) is 136 cm³/mol. The first kappa shape index (κ1) is 24.6. The van der Waals surface area contributed by atoms with Gasteiger partial charge in [-0.15, -0.1) is 0 Å². The number of piperazine rings is 2. The summed E-state index contributed by atoms with van der Waals surface area (Å²) in [4.78, 5) is 33.5. The fourth-order valence-corrected chi connectivity index (χ4v) is 4.45. The zero-order chi connectivity index (χ0) is 24.6. The molecule has 0 unspecified atom stereocenters. The van der Waals surface area contributed by atoms with Crippen LogP contribution in [-0.2, 0) is 16.1 Å². The average molecular weight is 479 g/mol. The molecule has 2 heterocycles. The molecule has 2 aromatic carbocycles. The molecule has 2 fully saturated rings. The van der Waals surface area contributed by atoms with E-state index in [1.54, 1.807) is 19.1 Å². The van der Waals surface area contributed by atoms with Gasteiger partial charge in [-0.2, -0.15) is 0 Å². The summed E-state index contributed by atoms with van der Waals surface area (Å²) in [5, 5.41) is 0. The lowest BCUT2D eigenvalue weighted by Crippen LogP contribution is -2.49. The van der Waals surface area contributed by atoms with Crippen LogP contribution in [-0.4, -0.2) is 93.1 Å². The number of hydrogen-bond donors (Lipinski definition) is 0. The van der Waals surface area contributed by atoms with Gasteiger partial charge in [-0.25, -0.2) is 0 Å². The van der Waals surface area contributed by atoms with Gasteiger partial charge in [0.15, 0.2) is 0 Å². The van der Waals surface area contributed by atoms with Crippen LogP contribution >= 0.6 is 0 Å². The van der Waals surface area contributed by atoms with Gasteiger partial charge in [-0.05, 0) is 42.0 Å². The van der Waals surface area contributed by atoms with Gasteiger partial charge in [0.05, 0.1) is 14.2 Å². The van der Waals surface area contributed by atoms with E-state index in [1.165, 1.54) is 17.7 Å². The zero-order valence-corrected chi connectivity index (χ0v) is 20.6. The molecule has 0 aliphatic carbocycles. The molecule has 0 radical (unpaired) electrons. The summed E-state index contributed by atoms with van der Waals surface area (Å²) in [6.07, 6.45) is 2.85. The van der Waals surface area contributed by atoms with Gasteiger partial charge in [-0.3, -0.25) is 14.5 Å². The van der Waals surface area contributed by atoms with Crippen molar-refractivity contribution in [2.75, 3.05) is 71.5 Å². The standard InChI is InChI=1S/C27H34N4O4/c1-34-24-7-3-22(4-8-24)21-28-13-15-30(16-14-28)26(32)11-12-27(33)31-19-17-29(18-20-31)23-5-9-25(35-2)10-6-23/h3-12H,13-21H2,1-2H3/b12-11-. The van der Waals surface area contributed by atoms with E-state index in [0.29, 0.717) is 26.2 Å². The quantitative estimate of drug-likeness (QED) is 0.569. The number of rotatable bonds is 7. The lowest BCUT2D eigenvalue weighted by Gasteiger charge is -2.36. The van der Waals surface area contributed by atoms with Crippen LogP contribution in [0.2, 0.25) is 0 Å². The van der Waals surface area contributed by atoms with Gasteiger partial charge in [-0.1, -0.05) is 12.1 Å². The maximum atomic E-state index is 12.6. The Balaban J connectivity index is 1.19. The predicted octanol–water partition coefficient (Wildman–Crippen LogP) is 2.25. The first-order chi connectivity index (χ1) is 17.1. The first-order valence-electron chi connectivity index (χ1n) is 12.1. The maximum absolute atomic E-state index is 12.6. The Hall–Kier alpha value is -3.52. The number of ether oxygens (including phenoxy) is 2. The molecule has 0 spiro atoms. The second-order valence-corrected chi connectivity index (χ2v) is 8.79. The third kappa shape index (κ3) is 6.54. The summed E-state index contributed by atoms with van der Waals surface area (Å²) in [5.74, 6) is 1.48. The third-order valence-electron chi connectivity index (χ3n) is 6.65. The van der Waals surface area contributed by atoms with Crippen molar-refractivity contribution < 1.29 is 19.1 Å². The highest BCUT2D eigenvalue weighted by atomic mass is 16.5. The molecular formula is C27H34N4O4. The summed E-state index contributed by atoms with van der Waals surface area (Å²) in [6.45, 7) is 6.58. The Labute approximate surface area is 207 Å². The largest absolute Gasteiger partial charge is 0.497 e. The normalized spacial score (nSPS) is 17.0. The van der Waals surface area contributed by atoms with E-state index in [1.807, 2.05) is 41.3 Å². The molecule has 8 heteroatoms. The van der Waals surface area contributed by atoms with E-state index in [0.717, 1.165) is 49.9 Å². The highest BCUT2D eigenvalue weighted by Gasteiger charge is 2.22. The van der Waals surface area contributed by atoms with Crippen LogP contribution < -0.4 is 14.4 Å². The van der Waals surface area contributed by atoms with E-state index in [-0.39, 0.29) is 11.8 Å². The van der Waals surface area contributed by atoms with Crippen molar-refractivity contribution in [3.05, 3.63) is 66.2 Å². The van der Waals surface area contributed by atoms with Crippen LogP contribution in [0.15, 0.2) is 60.7 Å². The second-order valence-electron chi connectivity index (χ2n) is 8.79. The van der Waals surface area contributed by atoms with Gasteiger partial charge in [0.25, 0.3) is 0 Å². The third-order valence-corrected chi connectivity index (χ3v) is 6.65. The number of methoxy groups -OCH3 is 2. The van der Waals surface area contributed by atoms with Crippen molar-refractivity contribution in [3.63, 3.8) is 0 Å². The van der Waals surface area contributed by atoms with Crippen molar-refractivity contribution in [1.29, 1.82) is 0 Å². The van der Waals surface area contributed by atoms with Gasteiger partial charge >= 0.3 is 0 Å². The molecule has 2 aromatic rings. The minimum Gasteiger partial charge on any atom is -0.497 e. The molecule has 4 rings (SSSR count). The Bertz CT molecular complexity index is 1010. The molecule has 2 aliphatic rings. The van der Waals surface area contributed by atoms with E-state index < -0.39 is 0 Å². The van der Waals surface area contributed by atoms with Crippen molar-refractivity contribution in [2.45, 2.75) is 6.54 Å². The molecule has 2 saturated heterocycles. The Morgan fingerprint density at radius 3 is 1.63 bits per heavy atom. The number of nitrogens with zero attached hydrogens (tertiary/aromatic N) is 4. The van der Waals surface area contributed by atoms with Crippen LogP contribution in [0.3, 0.4) is 0 Å². The van der Waals surface area contributed by atoms with Crippen molar-refractivity contribution >= 4 is 17.5 Å². The molecule has 0 N–H and O–H groups in total. The highest BCUT2D eigenvalue weighted by molar-refractivity contribution is 5.96. The lowest BCUT2D eigenvalue weighted by atomic mass is 10.2. The van der Waals surface area contributed by atoms with Crippen LogP contribution in [0.25, 0.3) is 0 Å². The fourth-order valence-electron chi connectivity index (χ4n) is 4.45. The van der Waals surface area contributed by atoms with Gasteiger partial charge in [0, 0.05) is 76.7 Å². The van der Waals surface area contributed by atoms with Crippen molar-refractivity contribution in [2.24, 2.45) is 0 Å². The highest BCUT2D eigenvalue weighted by Crippen LogP contribution is 2.20. The monoisotopic (exact) mass is 478 g/mol. The molecule has 0 saturated carbocycles. The zero-order valence-electron chi connectivity index (χ0n) is 20.6. The molecular weight excluding hydrogens is 444 g/mol. The Kier molecular flexibility index (Phi) is 8.26. The Morgan fingerprint density at radius 2 is 1.14 bits per heavy atom. The number of hydrogen-bond acceptors (Lipinski definition) is 6. The summed E-state index contributed by atoms with van der Waals surface area (Å²) in [5.41, 5.74) is 2.35. The van der Waals surface area contributed by atoms with E-state index in [2.05, 4.69) is 21.9 Å². The molecule has 2 amide bonds. The summed E-state index contributed by atoms with van der Waals surface area (Å²) in [6, 6.07) is 16.0. The van der Waals surface area contributed by atoms with Crippen LogP contribution in [0, 0.1) is 0 Å². The molecule has 0 aromatic heterocycles. The first-order valence-corrected chi connectivity index (χ1v) is 12.1. The summed E-state index contributed by atoms with van der Waals surface area (Å²) < 4.78 is 10.4. The molecule has 186 valence electrons. The molecule has 0 atom stereocenters. The van der Waals surface area contributed by atoms with E-state index >= 15 is 0 Å². The molecule has 0 bridgehead atoms.